The van der Waals surface area contributed by atoms with Crippen LogP contribution < -0.4 is 0 Å². The molecule has 4 aliphatic carbocycles. The van der Waals surface area contributed by atoms with Gasteiger partial charge in [0, 0.05) is 6.04 Å². The summed E-state index contributed by atoms with van der Waals surface area (Å²) in [5.41, 5.74) is 0.879. The molecule has 0 aromatic heterocycles. The van der Waals surface area contributed by atoms with Gasteiger partial charge in [-0.05, 0) is 99.3 Å². The number of hydrogen-bond acceptors (Lipinski definition) is 3. The lowest BCUT2D eigenvalue weighted by Crippen LogP contribution is -2.55. The van der Waals surface area contributed by atoms with E-state index < -0.39 is 0 Å². The Labute approximate surface area is 165 Å². The fraction of sp³-hybridized carbons (Fsp3) is 0.955. The van der Waals surface area contributed by atoms with Crippen molar-refractivity contribution in [2.75, 3.05) is 13.6 Å². The van der Waals surface area contributed by atoms with Crippen LogP contribution in [-0.2, 0) is 0 Å². The van der Waals surface area contributed by atoms with E-state index in [9.17, 15) is 5.11 Å². The number of aliphatic hydroxyl groups excluding tert-OH is 1. The standard InChI is InChI=1S/C22H36N2O.ClH/c1-21-10-8-16(25)14-15(21)4-5-17-18-6-7-20(24(3)13-12-23)22(18,2)11-9-19(17)21;/h15-20,25H,4-11,13-14H2,1-3H3;1H/t15-,16-,17?,18?,19?,20-,21-,22-;/m0./s1. The van der Waals surface area contributed by atoms with Crippen molar-refractivity contribution in [1.82, 2.24) is 4.90 Å². The smallest absolute Gasteiger partial charge is 0.0866 e. The predicted octanol–water partition coefficient (Wildman–Crippen LogP) is 4.64. The van der Waals surface area contributed by atoms with Gasteiger partial charge >= 0.3 is 0 Å². The van der Waals surface area contributed by atoms with Crippen molar-refractivity contribution in [3.05, 3.63) is 0 Å². The summed E-state index contributed by atoms with van der Waals surface area (Å²) in [5, 5.41) is 19.3. The minimum Gasteiger partial charge on any atom is -0.393 e. The van der Waals surface area contributed by atoms with Crippen LogP contribution in [-0.4, -0.2) is 35.7 Å². The molecule has 0 aromatic carbocycles. The summed E-state index contributed by atoms with van der Waals surface area (Å²) in [7, 11) is 2.16. The first-order valence-corrected chi connectivity index (χ1v) is 10.7. The van der Waals surface area contributed by atoms with Crippen molar-refractivity contribution in [2.24, 2.45) is 34.5 Å². The van der Waals surface area contributed by atoms with Crippen molar-refractivity contribution >= 4 is 12.4 Å². The van der Waals surface area contributed by atoms with Gasteiger partial charge in [-0.15, -0.1) is 12.4 Å². The van der Waals surface area contributed by atoms with E-state index in [1.807, 2.05) is 0 Å². The Hall–Kier alpha value is -0.300. The average Bonchev–Trinajstić information content (AvgIpc) is 2.93. The lowest BCUT2D eigenvalue weighted by Gasteiger charge is -2.61. The monoisotopic (exact) mass is 380 g/mol. The first-order valence-electron chi connectivity index (χ1n) is 10.7. The van der Waals surface area contributed by atoms with Gasteiger partial charge in [0.15, 0.2) is 0 Å². The molecule has 0 heterocycles. The second-order valence-corrected chi connectivity index (χ2v) is 10.3. The van der Waals surface area contributed by atoms with Gasteiger partial charge in [0.2, 0.25) is 0 Å². The molecule has 0 bridgehead atoms. The third kappa shape index (κ3) is 2.92. The zero-order valence-electron chi connectivity index (χ0n) is 16.8. The molecular weight excluding hydrogens is 344 g/mol. The van der Waals surface area contributed by atoms with Gasteiger partial charge in [0.05, 0.1) is 18.7 Å². The molecule has 0 aliphatic heterocycles. The fourth-order valence-electron chi connectivity index (χ4n) is 8.15. The highest BCUT2D eigenvalue weighted by Gasteiger charge is 2.60. The van der Waals surface area contributed by atoms with Crippen LogP contribution in [0.1, 0.15) is 71.6 Å². The Morgan fingerprint density at radius 3 is 2.42 bits per heavy atom. The van der Waals surface area contributed by atoms with Crippen molar-refractivity contribution in [2.45, 2.75) is 83.8 Å². The molecule has 0 radical (unpaired) electrons. The third-order valence-electron chi connectivity index (χ3n) is 9.44. The summed E-state index contributed by atoms with van der Waals surface area (Å²) in [6.07, 6.45) is 11.3. The quantitative estimate of drug-likeness (QED) is 0.710. The van der Waals surface area contributed by atoms with Crippen molar-refractivity contribution in [3.63, 3.8) is 0 Å². The third-order valence-corrected chi connectivity index (χ3v) is 9.44. The highest BCUT2D eigenvalue weighted by atomic mass is 35.5. The minimum atomic E-state index is -0.0426. The normalized spacial score (nSPS) is 50.2. The molecule has 148 valence electrons. The number of nitrogens with zero attached hydrogens (tertiary/aromatic N) is 2. The molecule has 3 nitrogen and oxygen atoms in total. The highest BCUT2D eigenvalue weighted by molar-refractivity contribution is 5.85. The average molecular weight is 381 g/mol. The summed E-state index contributed by atoms with van der Waals surface area (Å²) in [5.74, 6) is 3.36. The Morgan fingerprint density at radius 2 is 1.69 bits per heavy atom. The number of hydrogen-bond donors (Lipinski definition) is 1. The van der Waals surface area contributed by atoms with E-state index in [2.05, 4.69) is 31.9 Å². The lowest BCUT2D eigenvalue weighted by atomic mass is 9.45. The molecule has 4 rings (SSSR count). The Kier molecular flexibility index (Phi) is 5.71. The van der Waals surface area contributed by atoms with Crippen LogP contribution in [0.3, 0.4) is 0 Å². The van der Waals surface area contributed by atoms with Crippen LogP contribution >= 0.6 is 12.4 Å². The number of halogens is 1. The Morgan fingerprint density at radius 1 is 1.00 bits per heavy atom. The summed E-state index contributed by atoms with van der Waals surface area (Å²) < 4.78 is 0. The molecule has 8 atom stereocenters. The van der Waals surface area contributed by atoms with E-state index in [-0.39, 0.29) is 18.5 Å². The van der Waals surface area contributed by atoms with Gasteiger partial charge in [-0.3, -0.25) is 4.90 Å². The molecular formula is C22H37ClN2O. The molecule has 4 heteroatoms. The van der Waals surface area contributed by atoms with Gasteiger partial charge in [-0.25, -0.2) is 0 Å². The number of nitriles is 1. The van der Waals surface area contributed by atoms with E-state index in [0.29, 0.717) is 23.4 Å². The molecule has 0 saturated heterocycles. The van der Waals surface area contributed by atoms with Gasteiger partial charge in [0.25, 0.3) is 0 Å². The zero-order chi connectivity index (χ0) is 17.8. The first-order chi connectivity index (χ1) is 11.9. The van der Waals surface area contributed by atoms with Crippen LogP contribution in [0, 0.1) is 45.8 Å². The maximum Gasteiger partial charge on any atom is 0.0866 e. The summed E-state index contributed by atoms with van der Waals surface area (Å²) >= 11 is 0. The van der Waals surface area contributed by atoms with Crippen LogP contribution in [0.4, 0.5) is 0 Å². The van der Waals surface area contributed by atoms with E-state index in [1.54, 1.807) is 0 Å². The lowest BCUT2D eigenvalue weighted by molar-refractivity contribution is -0.127. The topological polar surface area (TPSA) is 47.3 Å². The maximum absolute atomic E-state index is 10.2. The fourth-order valence-corrected chi connectivity index (χ4v) is 8.15. The van der Waals surface area contributed by atoms with Crippen molar-refractivity contribution in [1.29, 1.82) is 5.26 Å². The minimum absolute atomic E-state index is 0. The van der Waals surface area contributed by atoms with Crippen LogP contribution in [0.5, 0.6) is 0 Å². The number of rotatable bonds is 2. The van der Waals surface area contributed by atoms with Crippen LogP contribution in [0.25, 0.3) is 0 Å². The Bertz CT molecular complexity index is 563. The van der Waals surface area contributed by atoms with Crippen LogP contribution in [0.15, 0.2) is 0 Å². The van der Waals surface area contributed by atoms with Gasteiger partial charge in [0.1, 0.15) is 0 Å². The first kappa shape index (κ1) is 20.4. The predicted molar refractivity (Wildman–Crippen MR) is 107 cm³/mol. The van der Waals surface area contributed by atoms with Crippen molar-refractivity contribution < 1.29 is 5.11 Å². The summed E-state index contributed by atoms with van der Waals surface area (Å²) in [6, 6.07) is 2.96. The van der Waals surface area contributed by atoms with E-state index in [4.69, 9.17) is 5.26 Å². The molecule has 0 spiro atoms. The molecule has 0 amide bonds. The maximum atomic E-state index is 10.2. The molecule has 0 aromatic rings. The van der Waals surface area contributed by atoms with Gasteiger partial charge in [-0.2, -0.15) is 5.26 Å². The molecule has 3 unspecified atom stereocenters. The second-order valence-electron chi connectivity index (χ2n) is 10.3. The van der Waals surface area contributed by atoms with Gasteiger partial charge < -0.3 is 5.11 Å². The van der Waals surface area contributed by atoms with E-state index in [0.717, 1.165) is 36.5 Å². The summed E-state index contributed by atoms with van der Waals surface area (Å²) in [6.45, 7) is 5.68. The number of fused-ring (bicyclic) bond motifs is 5. The van der Waals surface area contributed by atoms with Gasteiger partial charge in [-0.1, -0.05) is 13.8 Å². The molecule has 26 heavy (non-hydrogen) atoms. The number of aliphatic hydroxyl groups is 1. The second kappa shape index (κ2) is 7.26. The molecule has 1 N–H and O–H groups in total. The highest BCUT2D eigenvalue weighted by Crippen LogP contribution is 2.66. The van der Waals surface area contributed by atoms with Crippen LogP contribution in [0.2, 0.25) is 0 Å². The van der Waals surface area contributed by atoms with Crippen molar-refractivity contribution in [3.8, 4) is 6.07 Å². The molecule has 4 fully saturated rings. The molecule has 4 aliphatic rings. The van der Waals surface area contributed by atoms with E-state index in [1.165, 1.54) is 44.9 Å². The van der Waals surface area contributed by atoms with E-state index >= 15 is 0 Å². The zero-order valence-corrected chi connectivity index (χ0v) is 17.6. The molecule has 4 saturated carbocycles. The Balaban J connectivity index is 0.00000196. The summed E-state index contributed by atoms with van der Waals surface area (Å²) in [4.78, 5) is 2.34. The SMILES string of the molecule is CN(CC#N)[C@H]1CCC2C3CC[C@H]4C[C@@H](O)CC[C@]4(C)C3CC[C@@]21C.Cl. The largest absolute Gasteiger partial charge is 0.393 e.